The third-order valence-corrected chi connectivity index (χ3v) is 1.72. The Morgan fingerprint density at radius 2 is 1.79 bits per heavy atom. The zero-order chi connectivity index (χ0) is 9.64. The predicted octanol–water partition coefficient (Wildman–Crippen LogP) is 2.04. The Balaban J connectivity index is 2.16. The van der Waals surface area contributed by atoms with Crippen LogP contribution in [0.25, 0.3) is 12.2 Å². The summed E-state index contributed by atoms with van der Waals surface area (Å²) in [6.45, 7) is 0. The van der Waals surface area contributed by atoms with Crippen molar-refractivity contribution in [1.29, 1.82) is 0 Å². The Bertz CT molecular complexity index is 368. The molecule has 68 valence electrons. The van der Waals surface area contributed by atoms with Crippen molar-refractivity contribution in [2.45, 2.75) is 0 Å². The van der Waals surface area contributed by atoms with Crippen molar-refractivity contribution >= 4 is 12.2 Å². The summed E-state index contributed by atoms with van der Waals surface area (Å²) in [5.41, 5.74) is 1.12. The standard InChI is InChI=1S/C11H9N3/c1-2-4-10(5-3-1)6-7-11-12-8-9-13-14-11/h1-9H. The van der Waals surface area contributed by atoms with Crippen LogP contribution >= 0.6 is 0 Å². The van der Waals surface area contributed by atoms with Gasteiger partial charge in [-0.05, 0) is 11.6 Å². The summed E-state index contributed by atoms with van der Waals surface area (Å²) in [5, 5.41) is 7.58. The van der Waals surface area contributed by atoms with Crippen LogP contribution in [0.15, 0.2) is 42.7 Å². The maximum Gasteiger partial charge on any atom is 0.174 e. The molecule has 0 spiro atoms. The number of hydrogen-bond donors (Lipinski definition) is 0. The molecule has 1 aromatic heterocycles. The van der Waals surface area contributed by atoms with Gasteiger partial charge in [-0.15, -0.1) is 5.10 Å². The average Bonchev–Trinajstić information content (AvgIpc) is 2.29. The fourth-order valence-corrected chi connectivity index (χ4v) is 1.07. The molecule has 0 atom stereocenters. The molecule has 0 amide bonds. The van der Waals surface area contributed by atoms with Crippen molar-refractivity contribution in [1.82, 2.24) is 15.2 Å². The summed E-state index contributed by atoms with van der Waals surface area (Å²) < 4.78 is 0. The maximum absolute atomic E-state index is 4.03. The zero-order valence-corrected chi connectivity index (χ0v) is 7.54. The van der Waals surface area contributed by atoms with Gasteiger partial charge in [0.25, 0.3) is 0 Å². The number of rotatable bonds is 2. The van der Waals surface area contributed by atoms with Crippen LogP contribution in [0.1, 0.15) is 11.4 Å². The monoisotopic (exact) mass is 183 g/mol. The van der Waals surface area contributed by atoms with Crippen molar-refractivity contribution in [2.75, 3.05) is 0 Å². The van der Waals surface area contributed by atoms with E-state index in [2.05, 4.69) is 15.2 Å². The fourth-order valence-electron chi connectivity index (χ4n) is 1.07. The Hall–Kier alpha value is -2.03. The van der Waals surface area contributed by atoms with E-state index in [0.29, 0.717) is 5.82 Å². The Morgan fingerprint density at radius 3 is 2.50 bits per heavy atom. The normalized spacial score (nSPS) is 10.6. The molecule has 0 aliphatic carbocycles. The van der Waals surface area contributed by atoms with E-state index in [1.807, 2.05) is 42.5 Å². The Morgan fingerprint density at radius 1 is 0.929 bits per heavy atom. The highest BCUT2D eigenvalue weighted by Crippen LogP contribution is 2.03. The van der Waals surface area contributed by atoms with Gasteiger partial charge in [-0.25, -0.2) is 4.98 Å². The van der Waals surface area contributed by atoms with Gasteiger partial charge in [0.1, 0.15) is 0 Å². The molecule has 3 heteroatoms. The van der Waals surface area contributed by atoms with Crippen LogP contribution in [0.2, 0.25) is 0 Å². The molecule has 14 heavy (non-hydrogen) atoms. The molecular formula is C11H9N3. The molecule has 0 saturated carbocycles. The molecule has 0 fully saturated rings. The molecule has 0 aliphatic rings. The highest BCUT2D eigenvalue weighted by molar-refractivity contribution is 5.66. The second kappa shape index (κ2) is 4.28. The quantitative estimate of drug-likeness (QED) is 0.715. The molecule has 0 radical (unpaired) electrons. The summed E-state index contributed by atoms with van der Waals surface area (Å²) in [4.78, 5) is 4.03. The van der Waals surface area contributed by atoms with Gasteiger partial charge in [0.05, 0.1) is 6.20 Å². The minimum atomic E-state index is 0.622. The van der Waals surface area contributed by atoms with Crippen LogP contribution in [0.4, 0.5) is 0 Å². The van der Waals surface area contributed by atoms with E-state index in [-0.39, 0.29) is 0 Å². The van der Waals surface area contributed by atoms with Gasteiger partial charge >= 0.3 is 0 Å². The van der Waals surface area contributed by atoms with Gasteiger partial charge in [0.15, 0.2) is 5.82 Å². The van der Waals surface area contributed by atoms with Gasteiger partial charge in [-0.1, -0.05) is 36.4 Å². The Kier molecular flexibility index (Phi) is 2.62. The molecule has 0 saturated heterocycles. The van der Waals surface area contributed by atoms with Gasteiger partial charge in [-0.3, -0.25) is 0 Å². The Labute approximate surface area is 82.2 Å². The second-order valence-corrected chi connectivity index (χ2v) is 2.74. The number of aromatic nitrogens is 3. The molecule has 0 unspecified atom stereocenters. The first kappa shape index (κ1) is 8.56. The third kappa shape index (κ3) is 2.23. The summed E-state index contributed by atoms with van der Waals surface area (Å²) in [6, 6.07) is 10.0. The van der Waals surface area contributed by atoms with Crippen LogP contribution in [-0.2, 0) is 0 Å². The van der Waals surface area contributed by atoms with Crippen LogP contribution in [-0.4, -0.2) is 15.2 Å². The predicted molar refractivity (Wildman–Crippen MR) is 55.2 cm³/mol. The average molecular weight is 183 g/mol. The van der Waals surface area contributed by atoms with Crippen molar-refractivity contribution < 1.29 is 0 Å². The first-order valence-corrected chi connectivity index (χ1v) is 4.32. The maximum atomic E-state index is 4.03. The molecule has 0 aliphatic heterocycles. The van der Waals surface area contributed by atoms with E-state index < -0.39 is 0 Å². The molecule has 0 N–H and O–H groups in total. The smallest absolute Gasteiger partial charge is 0.174 e. The van der Waals surface area contributed by atoms with E-state index in [4.69, 9.17) is 0 Å². The molecule has 2 aromatic rings. The molecule has 1 heterocycles. The summed E-state index contributed by atoms with van der Waals surface area (Å²) in [7, 11) is 0. The van der Waals surface area contributed by atoms with E-state index >= 15 is 0 Å². The van der Waals surface area contributed by atoms with Crippen LogP contribution < -0.4 is 0 Å². The summed E-state index contributed by atoms with van der Waals surface area (Å²) >= 11 is 0. The zero-order valence-electron chi connectivity index (χ0n) is 7.54. The van der Waals surface area contributed by atoms with E-state index in [1.54, 1.807) is 12.4 Å². The van der Waals surface area contributed by atoms with Crippen LogP contribution in [0.5, 0.6) is 0 Å². The minimum absolute atomic E-state index is 0.622. The van der Waals surface area contributed by atoms with Gasteiger partial charge in [-0.2, -0.15) is 5.10 Å². The fraction of sp³-hybridized carbons (Fsp3) is 0. The van der Waals surface area contributed by atoms with E-state index in [9.17, 15) is 0 Å². The minimum Gasteiger partial charge on any atom is -0.234 e. The first-order chi connectivity index (χ1) is 6.95. The van der Waals surface area contributed by atoms with E-state index in [0.717, 1.165) is 5.56 Å². The van der Waals surface area contributed by atoms with E-state index in [1.165, 1.54) is 0 Å². The second-order valence-electron chi connectivity index (χ2n) is 2.74. The number of benzene rings is 1. The van der Waals surface area contributed by atoms with Crippen molar-refractivity contribution in [2.24, 2.45) is 0 Å². The summed E-state index contributed by atoms with van der Waals surface area (Å²) in [5.74, 6) is 0.622. The van der Waals surface area contributed by atoms with Gasteiger partial charge in [0, 0.05) is 6.20 Å². The van der Waals surface area contributed by atoms with Crippen LogP contribution in [0.3, 0.4) is 0 Å². The third-order valence-electron chi connectivity index (χ3n) is 1.72. The molecule has 1 aromatic carbocycles. The van der Waals surface area contributed by atoms with Gasteiger partial charge < -0.3 is 0 Å². The number of hydrogen-bond acceptors (Lipinski definition) is 3. The van der Waals surface area contributed by atoms with Crippen molar-refractivity contribution in [3.05, 3.63) is 54.1 Å². The van der Waals surface area contributed by atoms with Crippen molar-refractivity contribution in [3.63, 3.8) is 0 Å². The topological polar surface area (TPSA) is 38.7 Å². The molecule has 2 rings (SSSR count). The largest absolute Gasteiger partial charge is 0.234 e. The van der Waals surface area contributed by atoms with Gasteiger partial charge in [0.2, 0.25) is 0 Å². The lowest BCUT2D eigenvalue weighted by Crippen LogP contribution is -1.87. The highest BCUT2D eigenvalue weighted by Gasteiger charge is 1.87. The molecule has 0 bridgehead atoms. The molecular weight excluding hydrogens is 174 g/mol. The molecule has 3 nitrogen and oxygen atoms in total. The highest BCUT2D eigenvalue weighted by atomic mass is 15.1. The van der Waals surface area contributed by atoms with Crippen LogP contribution in [0, 0.1) is 0 Å². The lowest BCUT2D eigenvalue weighted by Gasteiger charge is -1.90. The van der Waals surface area contributed by atoms with Crippen molar-refractivity contribution in [3.8, 4) is 0 Å². The first-order valence-electron chi connectivity index (χ1n) is 4.32. The number of nitrogens with zero attached hydrogens (tertiary/aromatic N) is 3. The SMILES string of the molecule is C(=Cc1nccnn1)c1ccccc1. The summed E-state index contributed by atoms with van der Waals surface area (Å²) in [6.07, 6.45) is 6.97. The lowest BCUT2D eigenvalue weighted by atomic mass is 10.2. The lowest BCUT2D eigenvalue weighted by molar-refractivity contribution is 0.952.